The van der Waals surface area contributed by atoms with Crippen molar-refractivity contribution in [3.8, 4) is 11.5 Å². The van der Waals surface area contributed by atoms with E-state index in [1.807, 2.05) is 18.2 Å². The molecule has 0 radical (unpaired) electrons. The van der Waals surface area contributed by atoms with E-state index >= 15 is 0 Å². The molecule has 0 bridgehead atoms. The van der Waals surface area contributed by atoms with E-state index < -0.39 is 0 Å². The van der Waals surface area contributed by atoms with Gasteiger partial charge in [-0.05, 0) is 23.6 Å². The molecule has 0 saturated carbocycles. The van der Waals surface area contributed by atoms with Crippen molar-refractivity contribution < 1.29 is 14.2 Å². The van der Waals surface area contributed by atoms with Gasteiger partial charge < -0.3 is 19.9 Å². The van der Waals surface area contributed by atoms with Gasteiger partial charge in [-0.15, -0.1) is 0 Å². The first-order valence-corrected chi connectivity index (χ1v) is 6.05. The molecule has 0 heterocycles. The fraction of sp³-hybridized carbons (Fsp3) is 0.571. The van der Waals surface area contributed by atoms with E-state index in [0.717, 1.165) is 5.56 Å². The Balaban J connectivity index is 3.02. The SMILES string of the molecule is COc1ccc(C(N)C(OC)C(C)C)cc1OC. The van der Waals surface area contributed by atoms with Crippen molar-refractivity contribution in [1.29, 1.82) is 0 Å². The molecular weight excluding hydrogens is 230 g/mol. The van der Waals surface area contributed by atoms with Gasteiger partial charge in [-0.2, -0.15) is 0 Å². The van der Waals surface area contributed by atoms with Crippen LogP contribution in [0.15, 0.2) is 18.2 Å². The van der Waals surface area contributed by atoms with Gasteiger partial charge in [0.05, 0.1) is 26.4 Å². The van der Waals surface area contributed by atoms with Gasteiger partial charge in [-0.1, -0.05) is 19.9 Å². The van der Waals surface area contributed by atoms with Crippen LogP contribution in [-0.2, 0) is 4.74 Å². The Kier molecular flexibility index (Phi) is 5.44. The van der Waals surface area contributed by atoms with E-state index in [1.54, 1.807) is 21.3 Å². The van der Waals surface area contributed by atoms with Crippen LogP contribution in [-0.4, -0.2) is 27.4 Å². The molecule has 2 N–H and O–H groups in total. The minimum absolute atomic E-state index is 0.0249. The Morgan fingerprint density at radius 1 is 1.00 bits per heavy atom. The standard InChI is InChI=1S/C14H23NO3/c1-9(2)14(18-5)13(15)10-6-7-11(16-3)12(8-10)17-4/h6-9,13-14H,15H2,1-5H3. The summed E-state index contributed by atoms with van der Waals surface area (Å²) in [4.78, 5) is 0. The van der Waals surface area contributed by atoms with Crippen LogP contribution in [0.1, 0.15) is 25.5 Å². The Morgan fingerprint density at radius 3 is 2.06 bits per heavy atom. The second-order valence-electron chi connectivity index (χ2n) is 4.58. The monoisotopic (exact) mass is 253 g/mol. The van der Waals surface area contributed by atoms with E-state index in [9.17, 15) is 0 Å². The van der Waals surface area contributed by atoms with Crippen molar-refractivity contribution in [1.82, 2.24) is 0 Å². The largest absolute Gasteiger partial charge is 0.493 e. The third kappa shape index (κ3) is 3.15. The molecule has 0 aliphatic rings. The highest BCUT2D eigenvalue weighted by Crippen LogP contribution is 2.31. The van der Waals surface area contributed by atoms with E-state index in [-0.39, 0.29) is 12.1 Å². The van der Waals surface area contributed by atoms with Crippen LogP contribution >= 0.6 is 0 Å². The summed E-state index contributed by atoms with van der Waals surface area (Å²) in [5.74, 6) is 1.73. The quantitative estimate of drug-likeness (QED) is 0.845. The molecule has 102 valence electrons. The maximum atomic E-state index is 6.24. The molecule has 4 nitrogen and oxygen atoms in total. The molecule has 2 unspecified atom stereocenters. The van der Waals surface area contributed by atoms with Crippen molar-refractivity contribution in [2.24, 2.45) is 11.7 Å². The molecule has 4 heteroatoms. The van der Waals surface area contributed by atoms with Crippen LogP contribution in [0.2, 0.25) is 0 Å². The van der Waals surface area contributed by atoms with Crippen molar-refractivity contribution in [3.63, 3.8) is 0 Å². The maximum absolute atomic E-state index is 6.24. The molecule has 0 fully saturated rings. The molecule has 0 aliphatic carbocycles. The number of benzene rings is 1. The highest BCUT2D eigenvalue weighted by molar-refractivity contribution is 5.44. The van der Waals surface area contributed by atoms with E-state index in [1.165, 1.54) is 0 Å². The minimum Gasteiger partial charge on any atom is -0.493 e. The molecule has 1 rings (SSSR count). The van der Waals surface area contributed by atoms with E-state index in [0.29, 0.717) is 17.4 Å². The Labute approximate surface area is 109 Å². The summed E-state index contributed by atoms with van der Waals surface area (Å²) in [6.07, 6.45) is -0.0249. The number of nitrogens with two attached hydrogens (primary N) is 1. The summed E-state index contributed by atoms with van der Waals surface area (Å²) in [6, 6.07) is 5.52. The summed E-state index contributed by atoms with van der Waals surface area (Å²) in [6.45, 7) is 4.18. The topological polar surface area (TPSA) is 53.7 Å². The maximum Gasteiger partial charge on any atom is 0.161 e. The van der Waals surface area contributed by atoms with Crippen LogP contribution in [0, 0.1) is 5.92 Å². The zero-order valence-corrected chi connectivity index (χ0v) is 11.8. The lowest BCUT2D eigenvalue weighted by molar-refractivity contribution is 0.0436. The van der Waals surface area contributed by atoms with Crippen LogP contribution in [0.5, 0.6) is 11.5 Å². The van der Waals surface area contributed by atoms with Gasteiger partial charge >= 0.3 is 0 Å². The normalized spacial score (nSPS) is 14.4. The smallest absolute Gasteiger partial charge is 0.161 e. The second kappa shape index (κ2) is 6.61. The molecular formula is C14H23NO3. The number of ether oxygens (including phenoxy) is 3. The predicted octanol–water partition coefficient (Wildman–Crippen LogP) is 2.37. The summed E-state index contributed by atoms with van der Waals surface area (Å²) >= 11 is 0. The van der Waals surface area contributed by atoms with Crippen molar-refractivity contribution in [2.75, 3.05) is 21.3 Å². The van der Waals surface area contributed by atoms with Gasteiger partial charge in [-0.25, -0.2) is 0 Å². The van der Waals surface area contributed by atoms with Gasteiger partial charge in [0.15, 0.2) is 11.5 Å². The summed E-state index contributed by atoms with van der Waals surface area (Å²) in [5, 5.41) is 0. The fourth-order valence-corrected chi connectivity index (χ4v) is 2.08. The molecule has 0 aromatic heterocycles. The molecule has 18 heavy (non-hydrogen) atoms. The average molecular weight is 253 g/mol. The highest BCUT2D eigenvalue weighted by atomic mass is 16.5. The van der Waals surface area contributed by atoms with Gasteiger partial charge in [0.2, 0.25) is 0 Å². The Morgan fingerprint density at radius 2 is 1.61 bits per heavy atom. The number of hydrogen-bond donors (Lipinski definition) is 1. The van der Waals surface area contributed by atoms with Gasteiger partial charge in [-0.3, -0.25) is 0 Å². The number of hydrogen-bond acceptors (Lipinski definition) is 4. The molecule has 0 spiro atoms. The average Bonchev–Trinajstić information content (AvgIpc) is 2.38. The molecule has 0 saturated heterocycles. The van der Waals surface area contributed by atoms with Gasteiger partial charge in [0.1, 0.15) is 0 Å². The van der Waals surface area contributed by atoms with Crippen molar-refractivity contribution in [2.45, 2.75) is 26.0 Å². The van der Waals surface area contributed by atoms with Crippen LogP contribution in [0.25, 0.3) is 0 Å². The third-order valence-electron chi connectivity index (χ3n) is 3.08. The van der Waals surface area contributed by atoms with Gasteiger partial charge in [0, 0.05) is 7.11 Å². The van der Waals surface area contributed by atoms with Crippen molar-refractivity contribution in [3.05, 3.63) is 23.8 Å². The summed E-state index contributed by atoms with van der Waals surface area (Å²) in [7, 11) is 4.91. The first kappa shape index (κ1) is 14.8. The second-order valence-corrected chi connectivity index (χ2v) is 4.58. The van der Waals surface area contributed by atoms with Crippen LogP contribution in [0.4, 0.5) is 0 Å². The van der Waals surface area contributed by atoms with E-state index in [2.05, 4.69) is 13.8 Å². The zero-order chi connectivity index (χ0) is 13.7. The summed E-state index contributed by atoms with van der Waals surface area (Å²) in [5.41, 5.74) is 7.22. The Bertz CT molecular complexity index is 379. The molecule has 0 amide bonds. The predicted molar refractivity (Wildman–Crippen MR) is 72.1 cm³/mol. The number of rotatable bonds is 6. The Hall–Kier alpha value is -1.26. The zero-order valence-electron chi connectivity index (χ0n) is 11.8. The lowest BCUT2D eigenvalue weighted by Crippen LogP contribution is -2.32. The minimum atomic E-state index is -0.185. The number of methoxy groups -OCH3 is 3. The van der Waals surface area contributed by atoms with E-state index in [4.69, 9.17) is 19.9 Å². The van der Waals surface area contributed by atoms with Crippen LogP contribution in [0.3, 0.4) is 0 Å². The first-order valence-electron chi connectivity index (χ1n) is 6.05. The van der Waals surface area contributed by atoms with Gasteiger partial charge in [0.25, 0.3) is 0 Å². The third-order valence-corrected chi connectivity index (χ3v) is 3.08. The lowest BCUT2D eigenvalue weighted by atomic mass is 9.94. The molecule has 1 aromatic carbocycles. The van der Waals surface area contributed by atoms with Crippen LogP contribution < -0.4 is 15.2 Å². The van der Waals surface area contributed by atoms with Crippen molar-refractivity contribution >= 4 is 0 Å². The fourth-order valence-electron chi connectivity index (χ4n) is 2.08. The first-order chi connectivity index (χ1) is 8.54. The molecule has 1 aromatic rings. The lowest BCUT2D eigenvalue weighted by Gasteiger charge is -2.26. The molecule has 2 atom stereocenters. The highest BCUT2D eigenvalue weighted by Gasteiger charge is 2.23. The molecule has 0 aliphatic heterocycles. The summed E-state index contributed by atoms with van der Waals surface area (Å²) < 4.78 is 15.9.